The average Bonchev–Trinajstić information content (AvgIpc) is 3.04. The third kappa shape index (κ3) is 3.11. The lowest BCUT2D eigenvalue weighted by atomic mass is 10.1. The molecule has 0 amide bonds. The summed E-state index contributed by atoms with van der Waals surface area (Å²) in [5.74, 6) is 0.524. The molecule has 2 heterocycles. The largest absolute Gasteiger partial charge is 0.443 e. The summed E-state index contributed by atoms with van der Waals surface area (Å²) >= 11 is 10.8. The molecule has 0 aliphatic rings. The van der Waals surface area contributed by atoms with Crippen LogP contribution in [0, 0.1) is 11.3 Å². The third-order valence-electron chi connectivity index (χ3n) is 3.04. The Morgan fingerprint density at radius 1 is 1.22 bits per heavy atom. The molecule has 0 N–H and O–H groups in total. The van der Waals surface area contributed by atoms with Gasteiger partial charge in [-0.2, -0.15) is 5.26 Å². The molecule has 5 nitrogen and oxygen atoms in total. The van der Waals surface area contributed by atoms with Crippen LogP contribution in [0.15, 0.2) is 44.7 Å². The summed E-state index contributed by atoms with van der Waals surface area (Å²) in [5.41, 5.74) is 1.83. The van der Waals surface area contributed by atoms with Crippen molar-refractivity contribution in [1.29, 1.82) is 5.26 Å². The van der Waals surface area contributed by atoms with Crippen LogP contribution < -0.4 is 0 Å². The summed E-state index contributed by atoms with van der Waals surface area (Å²) in [4.78, 5) is 12.7. The maximum Gasteiger partial charge on any atom is 0.189 e. The molecule has 0 unspecified atom stereocenters. The van der Waals surface area contributed by atoms with Gasteiger partial charge in [0.15, 0.2) is 22.5 Å². The second kappa shape index (κ2) is 6.71. The fraction of sp³-hybridized carbons (Fsp3) is 0.0667. The number of thioether (sulfide) groups is 1. The highest BCUT2D eigenvalue weighted by atomic mass is 79.9. The first-order valence-electron chi connectivity index (χ1n) is 6.35. The molecule has 0 saturated carbocycles. The Morgan fingerprint density at radius 3 is 2.61 bits per heavy atom. The van der Waals surface area contributed by atoms with Crippen LogP contribution in [0.2, 0.25) is 5.15 Å². The van der Waals surface area contributed by atoms with Crippen molar-refractivity contribution in [1.82, 2.24) is 15.0 Å². The van der Waals surface area contributed by atoms with Crippen LogP contribution in [-0.2, 0) is 0 Å². The smallest absolute Gasteiger partial charge is 0.189 e. The quantitative estimate of drug-likeness (QED) is 0.352. The lowest BCUT2D eigenvalue weighted by Gasteiger charge is -2.06. The molecule has 0 aliphatic heterocycles. The summed E-state index contributed by atoms with van der Waals surface area (Å²) in [6, 6.07) is 9.60. The summed E-state index contributed by atoms with van der Waals surface area (Å²) in [7, 11) is 0. The molecular weight excluding hydrogens is 400 g/mol. The molecule has 0 spiro atoms. The van der Waals surface area contributed by atoms with Gasteiger partial charge < -0.3 is 4.42 Å². The van der Waals surface area contributed by atoms with E-state index in [9.17, 15) is 5.26 Å². The molecule has 0 radical (unpaired) electrons. The normalized spacial score (nSPS) is 10.5. The molecule has 3 rings (SSSR count). The number of rotatable bonds is 3. The summed E-state index contributed by atoms with van der Waals surface area (Å²) < 4.78 is 6.47. The Bertz CT molecular complexity index is 905. The van der Waals surface area contributed by atoms with Crippen molar-refractivity contribution in [2.24, 2.45) is 0 Å². The molecule has 3 aromatic rings. The monoisotopic (exact) mass is 406 g/mol. The zero-order valence-electron chi connectivity index (χ0n) is 11.7. The number of nitrogens with zero attached hydrogens (tertiary/aromatic N) is 4. The van der Waals surface area contributed by atoms with Crippen LogP contribution in [0.3, 0.4) is 0 Å². The van der Waals surface area contributed by atoms with Crippen molar-refractivity contribution in [2.75, 3.05) is 6.26 Å². The van der Waals surface area contributed by atoms with Gasteiger partial charge in [0.1, 0.15) is 23.0 Å². The van der Waals surface area contributed by atoms with Crippen LogP contribution in [0.1, 0.15) is 5.56 Å². The predicted molar refractivity (Wildman–Crippen MR) is 92.2 cm³/mol. The van der Waals surface area contributed by atoms with Gasteiger partial charge in [-0.05, 0) is 18.4 Å². The zero-order valence-corrected chi connectivity index (χ0v) is 14.9. The third-order valence-corrected chi connectivity index (χ3v) is 4.39. The van der Waals surface area contributed by atoms with Gasteiger partial charge in [-0.1, -0.05) is 51.4 Å². The Hall–Kier alpha value is -1.88. The van der Waals surface area contributed by atoms with E-state index >= 15 is 0 Å². The average molecular weight is 408 g/mol. The van der Waals surface area contributed by atoms with Gasteiger partial charge in [0.2, 0.25) is 0 Å². The van der Waals surface area contributed by atoms with Gasteiger partial charge in [-0.25, -0.2) is 15.0 Å². The standard InChI is InChI=1S/C15H8BrClN4OS/c1-23-15-20-11(10(6-18)14(17)21-15)12-13(22-7-19-12)8-2-4-9(16)5-3-8/h2-5,7H,1H3. The van der Waals surface area contributed by atoms with E-state index in [2.05, 4.69) is 30.9 Å². The highest BCUT2D eigenvalue weighted by Crippen LogP contribution is 2.34. The van der Waals surface area contributed by atoms with Crippen molar-refractivity contribution < 1.29 is 4.42 Å². The minimum absolute atomic E-state index is 0.103. The maximum atomic E-state index is 9.37. The van der Waals surface area contributed by atoms with Gasteiger partial charge in [-0.15, -0.1) is 0 Å². The number of aromatic nitrogens is 3. The zero-order chi connectivity index (χ0) is 16.4. The second-order valence-corrected chi connectivity index (χ2v) is 6.42. The van der Waals surface area contributed by atoms with Crippen LogP contribution in [0.4, 0.5) is 0 Å². The first-order chi connectivity index (χ1) is 11.1. The maximum absolute atomic E-state index is 9.37. The number of hydrogen-bond acceptors (Lipinski definition) is 6. The van der Waals surface area contributed by atoms with E-state index < -0.39 is 0 Å². The van der Waals surface area contributed by atoms with E-state index in [0.29, 0.717) is 22.3 Å². The fourth-order valence-corrected chi connectivity index (χ4v) is 2.89. The molecule has 0 fully saturated rings. The number of benzene rings is 1. The van der Waals surface area contributed by atoms with Crippen molar-refractivity contribution in [2.45, 2.75) is 5.16 Å². The van der Waals surface area contributed by atoms with Crippen LogP contribution in [0.25, 0.3) is 22.7 Å². The van der Waals surface area contributed by atoms with Crippen molar-refractivity contribution in [3.05, 3.63) is 45.8 Å². The molecule has 0 bridgehead atoms. The highest BCUT2D eigenvalue weighted by Gasteiger charge is 2.21. The van der Waals surface area contributed by atoms with E-state index in [4.69, 9.17) is 16.0 Å². The van der Waals surface area contributed by atoms with E-state index in [-0.39, 0.29) is 10.7 Å². The molecule has 0 aliphatic carbocycles. The molecule has 0 saturated heterocycles. The number of nitriles is 1. The van der Waals surface area contributed by atoms with E-state index in [1.54, 1.807) is 0 Å². The van der Waals surface area contributed by atoms with Crippen molar-refractivity contribution in [3.63, 3.8) is 0 Å². The van der Waals surface area contributed by atoms with Crippen LogP contribution in [-0.4, -0.2) is 21.2 Å². The van der Waals surface area contributed by atoms with E-state index in [0.717, 1.165) is 10.0 Å². The van der Waals surface area contributed by atoms with Crippen molar-refractivity contribution >= 4 is 39.3 Å². The Labute approximate surface area is 149 Å². The lowest BCUT2D eigenvalue weighted by Crippen LogP contribution is -1.98. The molecular formula is C15H8BrClN4OS. The second-order valence-electron chi connectivity index (χ2n) is 4.37. The van der Waals surface area contributed by atoms with Gasteiger partial charge in [0.25, 0.3) is 0 Å². The van der Waals surface area contributed by atoms with E-state index in [1.165, 1.54) is 18.2 Å². The Balaban J connectivity index is 2.21. The number of hydrogen-bond donors (Lipinski definition) is 0. The van der Waals surface area contributed by atoms with Gasteiger partial charge >= 0.3 is 0 Å². The summed E-state index contributed by atoms with van der Waals surface area (Å²) in [6.07, 6.45) is 3.16. The number of halogens is 2. The SMILES string of the molecule is CSc1nc(Cl)c(C#N)c(-c2ncoc2-c2ccc(Br)cc2)n1. The minimum atomic E-state index is 0.103. The highest BCUT2D eigenvalue weighted by molar-refractivity contribution is 9.10. The van der Waals surface area contributed by atoms with E-state index in [1.807, 2.05) is 36.6 Å². The molecule has 1 aromatic carbocycles. The minimum Gasteiger partial charge on any atom is -0.443 e. The van der Waals surface area contributed by atoms with Gasteiger partial charge in [-0.3, -0.25) is 0 Å². The lowest BCUT2D eigenvalue weighted by molar-refractivity contribution is 0.572. The predicted octanol–water partition coefficient (Wildman–Crippen LogP) is 4.81. The van der Waals surface area contributed by atoms with Crippen LogP contribution >= 0.6 is 39.3 Å². The molecule has 0 atom stereocenters. The number of oxazole rings is 1. The summed E-state index contributed by atoms with van der Waals surface area (Å²) in [5, 5.41) is 9.94. The van der Waals surface area contributed by atoms with Crippen molar-refractivity contribution in [3.8, 4) is 28.8 Å². The van der Waals surface area contributed by atoms with Gasteiger partial charge in [0, 0.05) is 10.0 Å². The molecule has 23 heavy (non-hydrogen) atoms. The summed E-state index contributed by atoms with van der Waals surface area (Å²) in [6.45, 7) is 0. The topological polar surface area (TPSA) is 75.6 Å². The fourth-order valence-electron chi connectivity index (χ4n) is 2.00. The first kappa shape index (κ1) is 16.0. The molecule has 114 valence electrons. The Kier molecular flexibility index (Phi) is 4.66. The first-order valence-corrected chi connectivity index (χ1v) is 8.75. The molecule has 8 heteroatoms. The van der Waals surface area contributed by atoms with Gasteiger partial charge in [0.05, 0.1) is 0 Å². The Morgan fingerprint density at radius 2 is 1.96 bits per heavy atom. The molecule has 2 aromatic heterocycles. The van der Waals surface area contributed by atoms with Crippen LogP contribution in [0.5, 0.6) is 0 Å².